The highest BCUT2D eigenvalue weighted by molar-refractivity contribution is 5.74. The lowest BCUT2D eigenvalue weighted by Gasteiger charge is -2.14. The Morgan fingerprint density at radius 3 is 1.45 bits per heavy atom. The zero-order valence-electron chi connectivity index (χ0n) is 14.0. The van der Waals surface area contributed by atoms with Crippen molar-refractivity contribution < 1.29 is 14.3 Å². The third-order valence-corrected chi connectivity index (χ3v) is 3.70. The van der Waals surface area contributed by atoms with E-state index < -0.39 is 0 Å². The smallest absolute Gasteiger partial charge is 0.308 e. The Balaban J connectivity index is 2.53. The highest BCUT2D eigenvalue weighted by Crippen LogP contribution is 2.34. The summed E-state index contributed by atoms with van der Waals surface area (Å²) in [6.45, 7) is 9.42. The van der Waals surface area contributed by atoms with Gasteiger partial charge in [-0.1, -0.05) is 0 Å². The molecule has 0 saturated carbocycles. The van der Waals surface area contributed by atoms with Crippen molar-refractivity contribution in [2.75, 3.05) is 7.11 Å². The van der Waals surface area contributed by atoms with E-state index in [4.69, 9.17) is 9.47 Å². The van der Waals surface area contributed by atoms with Gasteiger partial charge in [-0.25, -0.2) is 0 Å². The normalized spacial score (nSPS) is 10.5. The van der Waals surface area contributed by atoms with Crippen molar-refractivity contribution in [3.63, 3.8) is 0 Å². The molecule has 2 aromatic carbocycles. The van der Waals surface area contributed by atoms with Crippen LogP contribution in [0.3, 0.4) is 0 Å². The lowest BCUT2D eigenvalue weighted by atomic mass is 9.96. The molecule has 0 aromatic heterocycles. The topological polar surface area (TPSA) is 35.5 Å². The molecule has 0 spiro atoms. The van der Waals surface area contributed by atoms with Gasteiger partial charge in [0.2, 0.25) is 0 Å². The second-order valence-corrected chi connectivity index (χ2v) is 5.68. The molecule has 2 aromatic rings. The van der Waals surface area contributed by atoms with Crippen molar-refractivity contribution in [2.24, 2.45) is 0 Å². The van der Waals surface area contributed by atoms with Crippen molar-refractivity contribution >= 4 is 5.97 Å². The number of rotatable bonds is 3. The van der Waals surface area contributed by atoms with Crippen LogP contribution in [0.2, 0.25) is 0 Å². The molecule has 0 aliphatic rings. The monoisotopic (exact) mass is 298 g/mol. The SMILES string of the molecule is COc1c(C)cc(-c2cc(C)c(OC(C)=O)c(C)c2)cc1C. The summed E-state index contributed by atoms with van der Waals surface area (Å²) in [4.78, 5) is 11.2. The van der Waals surface area contributed by atoms with Gasteiger partial charge in [-0.15, -0.1) is 0 Å². The number of ether oxygens (including phenoxy) is 2. The summed E-state index contributed by atoms with van der Waals surface area (Å²) in [5, 5.41) is 0. The Kier molecular flexibility index (Phi) is 4.55. The summed E-state index contributed by atoms with van der Waals surface area (Å²) in [7, 11) is 1.69. The molecular formula is C19H22O3. The largest absolute Gasteiger partial charge is 0.496 e. The molecule has 22 heavy (non-hydrogen) atoms. The van der Waals surface area contributed by atoms with Crippen molar-refractivity contribution in [3.8, 4) is 22.6 Å². The predicted molar refractivity (Wildman–Crippen MR) is 88.7 cm³/mol. The number of hydrogen-bond acceptors (Lipinski definition) is 3. The zero-order chi connectivity index (χ0) is 16.4. The quantitative estimate of drug-likeness (QED) is 0.617. The molecule has 0 saturated heterocycles. The summed E-state index contributed by atoms with van der Waals surface area (Å²) >= 11 is 0. The average Bonchev–Trinajstić information content (AvgIpc) is 2.42. The van der Waals surface area contributed by atoms with E-state index >= 15 is 0 Å². The molecule has 0 amide bonds. The molecule has 0 atom stereocenters. The number of methoxy groups -OCH3 is 1. The van der Waals surface area contributed by atoms with E-state index in [2.05, 4.69) is 12.1 Å². The minimum Gasteiger partial charge on any atom is -0.496 e. The maximum absolute atomic E-state index is 11.2. The Hall–Kier alpha value is -2.29. The van der Waals surface area contributed by atoms with Crippen LogP contribution in [-0.4, -0.2) is 13.1 Å². The average molecular weight is 298 g/mol. The number of esters is 1. The molecule has 3 heteroatoms. The summed E-state index contributed by atoms with van der Waals surface area (Å²) in [6.07, 6.45) is 0. The maximum Gasteiger partial charge on any atom is 0.308 e. The third kappa shape index (κ3) is 3.14. The molecular weight excluding hydrogens is 276 g/mol. The number of aryl methyl sites for hydroxylation is 4. The lowest BCUT2D eigenvalue weighted by Crippen LogP contribution is -2.04. The predicted octanol–water partition coefficient (Wildman–Crippen LogP) is 4.52. The molecule has 0 heterocycles. The Morgan fingerprint density at radius 1 is 0.773 bits per heavy atom. The first kappa shape index (κ1) is 16.1. The van der Waals surface area contributed by atoms with E-state index in [1.54, 1.807) is 7.11 Å². The summed E-state index contributed by atoms with van der Waals surface area (Å²) < 4.78 is 10.7. The second-order valence-electron chi connectivity index (χ2n) is 5.68. The molecule has 0 bridgehead atoms. The van der Waals surface area contributed by atoms with Crippen LogP contribution < -0.4 is 9.47 Å². The summed E-state index contributed by atoms with van der Waals surface area (Å²) in [5.41, 5.74) is 6.37. The number of hydrogen-bond donors (Lipinski definition) is 0. The first-order valence-corrected chi connectivity index (χ1v) is 7.28. The van der Waals surface area contributed by atoms with Gasteiger partial charge in [-0.3, -0.25) is 4.79 Å². The second kappa shape index (κ2) is 6.22. The van der Waals surface area contributed by atoms with Crippen LogP contribution in [0.4, 0.5) is 0 Å². The standard InChI is InChI=1S/C19H22O3/c1-11-7-16(8-12(2)18(11)21-6)17-9-13(3)19(14(4)10-17)22-15(5)20/h7-10H,1-6H3. The van der Waals surface area contributed by atoms with Crippen LogP contribution in [-0.2, 0) is 4.79 Å². The van der Waals surface area contributed by atoms with Crippen molar-refractivity contribution in [2.45, 2.75) is 34.6 Å². The van der Waals surface area contributed by atoms with Gasteiger partial charge in [0.25, 0.3) is 0 Å². The highest BCUT2D eigenvalue weighted by Gasteiger charge is 2.12. The van der Waals surface area contributed by atoms with E-state index in [-0.39, 0.29) is 5.97 Å². The van der Waals surface area contributed by atoms with Crippen LogP contribution in [0.25, 0.3) is 11.1 Å². The Bertz CT molecular complexity index is 683. The van der Waals surface area contributed by atoms with Gasteiger partial charge in [0, 0.05) is 6.92 Å². The Morgan fingerprint density at radius 2 is 1.14 bits per heavy atom. The van der Waals surface area contributed by atoms with Crippen molar-refractivity contribution in [3.05, 3.63) is 46.5 Å². The van der Waals surface area contributed by atoms with Gasteiger partial charge in [-0.05, 0) is 85.3 Å². The van der Waals surface area contributed by atoms with E-state index in [0.717, 1.165) is 39.1 Å². The summed E-state index contributed by atoms with van der Waals surface area (Å²) in [5.74, 6) is 1.28. The molecule has 2 rings (SSSR count). The number of benzene rings is 2. The molecule has 0 fully saturated rings. The van der Waals surface area contributed by atoms with Gasteiger partial charge < -0.3 is 9.47 Å². The number of carbonyl (C=O) groups excluding carboxylic acids is 1. The minimum absolute atomic E-state index is 0.296. The van der Waals surface area contributed by atoms with Crippen LogP contribution in [0.15, 0.2) is 24.3 Å². The summed E-state index contributed by atoms with van der Waals surface area (Å²) in [6, 6.07) is 8.33. The first-order chi connectivity index (χ1) is 10.3. The van der Waals surface area contributed by atoms with E-state index in [1.165, 1.54) is 6.92 Å². The molecule has 0 aliphatic heterocycles. The van der Waals surface area contributed by atoms with Crippen LogP contribution in [0, 0.1) is 27.7 Å². The van der Waals surface area contributed by atoms with Crippen molar-refractivity contribution in [1.29, 1.82) is 0 Å². The van der Waals surface area contributed by atoms with E-state index in [1.807, 2.05) is 39.8 Å². The fourth-order valence-electron chi connectivity index (χ4n) is 2.86. The molecule has 0 radical (unpaired) electrons. The van der Waals surface area contributed by atoms with Crippen molar-refractivity contribution in [1.82, 2.24) is 0 Å². The fourth-order valence-corrected chi connectivity index (χ4v) is 2.86. The minimum atomic E-state index is -0.296. The van der Waals surface area contributed by atoms with Gasteiger partial charge in [0.1, 0.15) is 11.5 Å². The van der Waals surface area contributed by atoms with Crippen LogP contribution in [0.5, 0.6) is 11.5 Å². The van der Waals surface area contributed by atoms with Gasteiger partial charge >= 0.3 is 5.97 Å². The molecule has 0 unspecified atom stereocenters. The highest BCUT2D eigenvalue weighted by atomic mass is 16.5. The first-order valence-electron chi connectivity index (χ1n) is 7.28. The fraction of sp³-hybridized carbons (Fsp3) is 0.316. The van der Waals surface area contributed by atoms with E-state index in [0.29, 0.717) is 5.75 Å². The zero-order valence-corrected chi connectivity index (χ0v) is 14.0. The van der Waals surface area contributed by atoms with Crippen LogP contribution in [0.1, 0.15) is 29.2 Å². The lowest BCUT2D eigenvalue weighted by molar-refractivity contribution is -0.131. The van der Waals surface area contributed by atoms with Gasteiger partial charge in [0.05, 0.1) is 7.11 Å². The van der Waals surface area contributed by atoms with Gasteiger partial charge in [-0.2, -0.15) is 0 Å². The Labute approximate surface area is 131 Å². The van der Waals surface area contributed by atoms with Crippen LogP contribution >= 0.6 is 0 Å². The third-order valence-electron chi connectivity index (χ3n) is 3.70. The molecule has 3 nitrogen and oxygen atoms in total. The molecule has 0 aliphatic carbocycles. The molecule has 116 valence electrons. The van der Waals surface area contributed by atoms with Gasteiger partial charge in [0.15, 0.2) is 0 Å². The molecule has 0 N–H and O–H groups in total. The van der Waals surface area contributed by atoms with E-state index in [9.17, 15) is 4.79 Å². The number of carbonyl (C=O) groups is 1. The maximum atomic E-state index is 11.2.